The number of rotatable bonds is 8. The molecular formula is C28H32N6O5. The summed E-state index contributed by atoms with van der Waals surface area (Å²) in [5.41, 5.74) is 1.63. The molecule has 0 spiro atoms. The number of aryl methyl sites for hydroxylation is 2. The Kier molecular flexibility index (Phi) is 7.99. The molecule has 0 atom stereocenters. The lowest BCUT2D eigenvalue weighted by atomic mass is 10.0. The molecule has 0 unspecified atom stereocenters. The molecule has 1 aromatic carbocycles. The van der Waals surface area contributed by atoms with Gasteiger partial charge in [0.25, 0.3) is 5.56 Å². The molecule has 0 radical (unpaired) electrons. The second-order valence-electron chi connectivity index (χ2n) is 9.76. The number of nitrogens with zero attached hydrogens (tertiary/aromatic N) is 4. The summed E-state index contributed by atoms with van der Waals surface area (Å²) in [5.74, 6) is 1.90. The molecule has 3 heterocycles. The van der Waals surface area contributed by atoms with Crippen LogP contribution in [-0.2, 0) is 17.7 Å². The highest BCUT2D eigenvalue weighted by atomic mass is 16.6. The van der Waals surface area contributed by atoms with E-state index in [1.54, 1.807) is 89.3 Å². The highest BCUT2D eigenvalue weighted by Gasteiger charge is 2.18. The van der Waals surface area contributed by atoms with E-state index in [0.29, 0.717) is 58.4 Å². The van der Waals surface area contributed by atoms with Crippen molar-refractivity contribution in [2.45, 2.75) is 39.3 Å². The number of nitrogens with one attached hydrogen (secondary N) is 2. The Balaban J connectivity index is 1.71. The van der Waals surface area contributed by atoms with Gasteiger partial charge < -0.3 is 19.5 Å². The number of methoxy groups -OCH3 is 2. The lowest BCUT2D eigenvalue weighted by Gasteiger charge is -2.19. The molecule has 0 fully saturated rings. The molecule has 4 rings (SSSR count). The van der Waals surface area contributed by atoms with Crippen LogP contribution in [0.15, 0.2) is 53.6 Å². The van der Waals surface area contributed by atoms with Crippen LogP contribution in [0.4, 0.5) is 16.6 Å². The Bertz CT molecular complexity index is 1540. The maximum atomic E-state index is 13.9. The van der Waals surface area contributed by atoms with Crippen molar-refractivity contribution in [2.24, 2.45) is 0 Å². The lowest BCUT2D eigenvalue weighted by molar-refractivity contribution is 0.0635. The Morgan fingerprint density at radius 2 is 1.74 bits per heavy atom. The molecule has 3 aromatic heterocycles. The zero-order valence-electron chi connectivity index (χ0n) is 22.9. The smallest absolute Gasteiger partial charge is 0.413 e. The van der Waals surface area contributed by atoms with Crippen LogP contribution >= 0.6 is 0 Å². The normalized spacial score (nSPS) is 11.2. The van der Waals surface area contributed by atoms with Crippen LogP contribution in [0, 0.1) is 0 Å². The van der Waals surface area contributed by atoms with Gasteiger partial charge in [0.1, 0.15) is 28.6 Å². The van der Waals surface area contributed by atoms with Crippen molar-refractivity contribution in [1.29, 1.82) is 0 Å². The van der Waals surface area contributed by atoms with Gasteiger partial charge in [0.2, 0.25) is 5.95 Å². The summed E-state index contributed by atoms with van der Waals surface area (Å²) in [4.78, 5) is 39.1. The van der Waals surface area contributed by atoms with Crippen molar-refractivity contribution in [3.05, 3.63) is 64.7 Å². The Morgan fingerprint density at radius 1 is 1.03 bits per heavy atom. The van der Waals surface area contributed by atoms with E-state index in [9.17, 15) is 9.59 Å². The summed E-state index contributed by atoms with van der Waals surface area (Å²) < 4.78 is 17.8. The van der Waals surface area contributed by atoms with Crippen LogP contribution < -0.4 is 25.7 Å². The molecule has 0 aliphatic heterocycles. The molecule has 1 amide bonds. The maximum absolute atomic E-state index is 13.9. The van der Waals surface area contributed by atoms with E-state index in [4.69, 9.17) is 14.2 Å². The summed E-state index contributed by atoms with van der Waals surface area (Å²) in [6, 6.07) is 10.7. The number of carbonyl (C=O) groups excluding carboxylic acids is 1. The van der Waals surface area contributed by atoms with Crippen molar-refractivity contribution in [3.63, 3.8) is 0 Å². The molecule has 0 saturated carbocycles. The first-order valence-corrected chi connectivity index (χ1v) is 12.4. The van der Waals surface area contributed by atoms with Crippen LogP contribution in [0.3, 0.4) is 0 Å². The Hall–Kier alpha value is -4.67. The van der Waals surface area contributed by atoms with Crippen LogP contribution in [-0.4, -0.2) is 52.5 Å². The molecule has 0 bridgehead atoms. The zero-order chi connectivity index (χ0) is 28.2. The number of carbonyl (C=O) groups is 1. The molecule has 11 heteroatoms. The SMILES string of the molecule is CNc1ncc2cc(-c3cc(OC)cc(OC)c3)c(=O)n(CCc3ccnc(NC(=O)OC(C)(C)C)c3)c2n1. The van der Waals surface area contributed by atoms with Gasteiger partial charge in [0.05, 0.1) is 14.2 Å². The number of fused-ring (bicyclic) bond motifs is 1. The highest BCUT2D eigenvalue weighted by Crippen LogP contribution is 2.29. The summed E-state index contributed by atoms with van der Waals surface area (Å²) in [7, 11) is 4.84. The number of amides is 1. The maximum Gasteiger partial charge on any atom is 0.413 e. The van der Waals surface area contributed by atoms with E-state index in [1.807, 2.05) is 6.07 Å². The lowest BCUT2D eigenvalue weighted by Crippen LogP contribution is -2.27. The minimum Gasteiger partial charge on any atom is -0.497 e. The van der Waals surface area contributed by atoms with E-state index in [2.05, 4.69) is 25.6 Å². The quantitative estimate of drug-likeness (QED) is 0.337. The summed E-state index contributed by atoms with van der Waals surface area (Å²) in [6.45, 7) is 5.69. The fourth-order valence-corrected chi connectivity index (χ4v) is 4.00. The Labute approximate surface area is 226 Å². The number of pyridine rings is 2. The van der Waals surface area contributed by atoms with Crippen molar-refractivity contribution >= 4 is 28.9 Å². The van der Waals surface area contributed by atoms with Crippen molar-refractivity contribution in [3.8, 4) is 22.6 Å². The van der Waals surface area contributed by atoms with Gasteiger partial charge in [0, 0.05) is 43.0 Å². The summed E-state index contributed by atoms with van der Waals surface area (Å²) >= 11 is 0. The van der Waals surface area contributed by atoms with E-state index in [-0.39, 0.29) is 5.56 Å². The van der Waals surface area contributed by atoms with E-state index < -0.39 is 11.7 Å². The molecule has 204 valence electrons. The van der Waals surface area contributed by atoms with Gasteiger partial charge in [-0.05, 0) is 68.7 Å². The van der Waals surface area contributed by atoms with Gasteiger partial charge >= 0.3 is 6.09 Å². The van der Waals surface area contributed by atoms with Gasteiger partial charge in [0.15, 0.2) is 0 Å². The topological polar surface area (TPSA) is 129 Å². The molecule has 0 saturated heterocycles. The van der Waals surface area contributed by atoms with Gasteiger partial charge in [-0.2, -0.15) is 4.98 Å². The van der Waals surface area contributed by atoms with Gasteiger partial charge in [-0.3, -0.25) is 14.7 Å². The number of ether oxygens (including phenoxy) is 3. The summed E-state index contributed by atoms with van der Waals surface area (Å²) in [5, 5.41) is 6.28. The van der Waals surface area contributed by atoms with Gasteiger partial charge in [-0.15, -0.1) is 0 Å². The largest absolute Gasteiger partial charge is 0.497 e. The van der Waals surface area contributed by atoms with Crippen LogP contribution in [0.5, 0.6) is 11.5 Å². The third-order valence-corrected chi connectivity index (χ3v) is 5.79. The number of anilines is 2. The summed E-state index contributed by atoms with van der Waals surface area (Å²) in [6.07, 6.45) is 3.17. The minimum atomic E-state index is -0.629. The van der Waals surface area contributed by atoms with E-state index in [1.165, 1.54) is 0 Å². The monoisotopic (exact) mass is 532 g/mol. The fourth-order valence-electron chi connectivity index (χ4n) is 4.00. The first kappa shape index (κ1) is 27.4. The molecular weight excluding hydrogens is 500 g/mol. The van der Waals surface area contributed by atoms with Crippen molar-refractivity contribution in [1.82, 2.24) is 19.5 Å². The standard InChI is InChI=1S/C28H32N6O5/c1-28(2,3)39-27(36)32-23-11-17(7-9-30-23)8-10-34-24-19(16-31-26(29-4)33-24)14-22(25(34)35)18-12-20(37-5)15-21(13-18)38-6/h7,9,11-16H,8,10H2,1-6H3,(H,29,31,33)(H,30,32,36). The average molecular weight is 533 g/mol. The average Bonchev–Trinajstić information content (AvgIpc) is 2.90. The molecule has 0 aliphatic carbocycles. The number of hydrogen-bond acceptors (Lipinski definition) is 9. The molecule has 39 heavy (non-hydrogen) atoms. The van der Waals surface area contributed by atoms with Crippen LogP contribution in [0.1, 0.15) is 26.3 Å². The predicted octanol–water partition coefficient (Wildman–Crippen LogP) is 4.50. The second-order valence-corrected chi connectivity index (χ2v) is 9.76. The third-order valence-electron chi connectivity index (χ3n) is 5.79. The van der Waals surface area contributed by atoms with E-state index >= 15 is 0 Å². The first-order valence-electron chi connectivity index (χ1n) is 12.4. The fraction of sp³-hybridized carbons (Fsp3) is 0.321. The van der Waals surface area contributed by atoms with Crippen molar-refractivity contribution in [2.75, 3.05) is 31.9 Å². The van der Waals surface area contributed by atoms with E-state index in [0.717, 1.165) is 5.56 Å². The van der Waals surface area contributed by atoms with Crippen LogP contribution in [0.25, 0.3) is 22.2 Å². The van der Waals surface area contributed by atoms with Crippen molar-refractivity contribution < 1.29 is 19.0 Å². The molecule has 4 aromatic rings. The number of hydrogen-bond donors (Lipinski definition) is 2. The number of aromatic nitrogens is 4. The van der Waals surface area contributed by atoms with Gasteiger partial charge in [-0.25, -0.2) is 14.8 Å². The Morgan fingerprint density at radius 3 is 2.38 bits per heavy atom. The molecule has 0 aliphatic rings. The van der Waals surface area contributed by atoms with Crippen LogP contribution in [0.2, 0.25) is 0 Å². The molecule has 2 N–H and O–H groups in total. The highest BCUT2D eigenvalue weighted by molar-refractivity contribution is 5.84. The zero-order valence-corrected chi connectivity index (χ0v) is 22.9. The first-order chi connectivity index (χ1) is 18.6. The predicted molar refractivity (Wildman–Crippen MR) is 150 cm³/mol. The number of benzene rings is 1. The second kappa shape index (κ2) is 11.4. The van der Waals surface area contributed by atoms with Gasteiger partial charge in [-0.1, -0.05) is 0 Å². The third kappa shape index (κ3) is 6.61. The molecule has 11 nitrogen and oxygen atoms in total. The minimum absolute atomic E-state index is 0.222.